The monoisotopic (exact) mass is 325 g/mol. The van der Waals surface area contributed by atoms with Gasteiger partial charge in [0.25, 0.3) is 0 Å². The molecule has 0 aliphatic carbocycles. The van der Waals surface area contributed by atoms with Crippen LogP contribution in [-0.2, 0) is 14.6 Å². The molecule has 0 radical (unpaired) electrons. The Kier molecular flexibility index (Phi) is 5.01. The van der Waals surface area contributed by atoms with Gasteiger partial charge in [-0.05, 0) is 26.2 Å². The Morgan fingerprint density at radius 3 is 2.59 bits per heavy atom. The van der Waals surface area contributed by atoms with E-state index in [-0.39, 0.29) is 28.9 Å². The lowest BCUT2D eigenvalue weighted by Crippen LogP contribution is -2.48. The van der Waals surface area contributed by atoms with E-state index in [4.69, 9.17) is 0 Å². The zero-order chi connectivity index (χ0) is 13.1. The lowest BCUT2D eigenvalue weighted by molar-refractivity contribution is -0.126. The van der Waals surface area contributed by atoms with Crippen molar-refractivity contribution >= 4 is 31.7 Å². The van der Waals surface area contributed by atoms with E-state index < -0.39 is 9.84 Å². The van der Waals surface area contributed by atoms with Crippen molar-refractivity contribution in [3.05, 3.63) is 0 Å². The van der Waals surface area contributed by atoms with Crippen LogP contribution in [0.15, 0.2) is 0 Å². The van der Waals surface area contributed by atoms with Crippen molar-refractivity contribution in [2.24, 2.45) is 5.92 Å². The SMILES string of the molecule is CCC(C)(CCBr)NC(=O)C1CCS(=O)(=O)C1. The quantitative estimate of drug-likeness (QED) is 0.779. The van der Waals surface area contributed by atoms with Crippen molar-refractivity contribution in [3.63, 3.8) is 0 Å². The zero-order valence-electron chi connectivity index (χ0n) is 10.3. The summed E-state index contributed by atoms with van der Waals surface area (Å²) in [7, 11) is -2.99. The van der Waals surface area contributed by atoms with E-state index >= 15 is 0 Å². The van der Waals surface area contributed by atoms with Gasteiger partial charge >= 0.3 is 0 Å². The first-order chi connectivity index (χ1) is 7.82. The van der Waals surface area contributed by atoms with Gasteiger partial charge in [-0.2, -0.15) is 0 Å². The van der Waals surface area contributed by atoms with Gasteiger partial charge in [0.1, 0.15) is 0 Å². The molecule has 4 nitrogen and oxygen atoms in total. The van der Waals surface area contributed by atoms with Gasteiger partial charge in [-0.25, -0.2) is 8.42 Å². The summed E-state index contributed by atoms with van der Waals surface area (Å²) >= 11 is 3.37. The van der Waals surface area contributed by atoms with Crippen LogP contribution in [0.4, 0.5) is 0 Å². The summed E-state index contributed by atoms with van der Waals surface area (Å²) in [5.74, 6) is -0.322. The predicted octanol–water partition coefficient (Wildman–Crippen LogP) is 1.49. The fraction of sp³-hybridized carbons (Fsp3) is 0.909. The second-order valence-electron chi connectivity index (χ2n) is 4.94. The number of alkyl halides is 1. The second-order valence-corrected chi connectivity index (χ2v) is 7.96. The lowest BCUT2D eigenvalue weighted by atomic mass is 9.94. The van der Waals surface area contributed by atoms with Crippen molar-refractivity contribution in [1.82, 2.24) is 5.32 Å². The first kappa shape index (κ1) is 15.0. The fourth-order valence-corrected chi connectivity index (χ4v) is 4.55. The van der Waals surface area contributed by atoms with E-state index in [0.29, 0.717) is 6.42 Å². The third kappa shape index (κ3) is 4.25. The number of rotatable bonds is 5. The average molecular weight is 326 g/mol. The highest BCUT2D eigenvalue weighted by molar-refractivity contribution is 9.09. The van der Waals surface area contributed by atoms with Crippen LogP contribution < -0.4 is 5.32 Å². The van der Waals surface area contributed by atoms with Crippen molar-refractivity contribution in [1.29, 1.82) is 0 Å². The number of sulfone groups is 1. The molecule has 1 N–H and O–H groups in total. The summed E-state index contributed by atoms with van der Waals surface area (Å²) in [5, 5.41) is 3.81. The Bertz CT molecular complexity index is 382. The van der Waals surface area contributed by atoms with E-state index in [1.54, 1.807) is 0 Å². The number of amides is 1. The molecule has 1 saturated heterocycles. The Hall–Kier alpha value is -0.100. The van der Waals surface area contributed by atoms with Crippen LogP contribution in [0.5, 0.6) is 0 Å². The number of carbonyl (C=O) groups excluding carboxylic acids is 1. The molecular formula is C11H20BrNO3S. The minimum absolute atomic E-state index is 0.00689. The topological polar surface area (TPSA) is 63.2 Å². The molecule has 2 atom stereocenters. The Balaban J connectivity index is 2.60. The molecule has 6 heteroatoms. The minimum atomic E-state index is -2.99. The van der Waals surface area contributed by atoms with Crippen LogP contribution in [0.3, 0.4) is 0 Å². The summed E-state index contributed by atoms with van der Waals surface area (Å²) in [5.41, 5.74) is -0.243. The Morgan fingerprint density at radius 1 is 1.53 bits per heavy atom. The molecule has 0 saturated carbocycles. The van der Waals surface area contributed by atoms with Crippen LogP contribution in [0.2, 0.25) is 0 Å². The number of nitrogens with one attached hydrogen (secondary N) is 1. The summed E-state index contributed by atoms with van der Waals surface area (Å²) in [6.45, 7) is 4.02. The van der Waals surface area contributed by atoms with Gasteiger partial charge in [0.2, 0.25) is 5.91 Å². The van der Waals surface area contributed by atoms with E-state index in [1.807, 2.05) is 13.8 Å². The third-order valence-corrected chi connectivity index (χ3v) is 5.62. The molecule has 1 aliphatic heterocycles. The molecule has 0 aromatic heterocycles. The van der Waals surface area contributed by atoms with E-state index in [9.17, 15) is 13.2 Å². The first-order valence-corrected chi connectivity index (χ1v) is 8.84. The standard InChI is InChI=1S/C11H20BrNO3S/c1-3-11(2,5-6-12)13-10(14)9-4-7-17(15,16)8-9/h9H,3-8H2,1-2H3,(H,13,14). The Labute approximate surface area is 112 Å². The van der Waals surface area contributed by atoms with Crippen molar-refractivity contribution in [2.75, 3.05) is 16.8 Å². The molecule has 2 unspecified atom stereocenters. The maximum Gasteiger partial charge on any atom is 0.224 e. The molecule has 100 valence electrons. The molecule has 1 rings (SSSR count). The molecule has 1 amide bonds. The maximum atomic E-state index is 12.0. The molecule has 1 heterocycles. The van der Waals surface area contributed by atoms with Gasteiger partial charge in [0, 0.05) is 10.9 Å². The first-order valence-electron chi connectivity index (χ1n) is 5.90. The van der Waals surface area contributed by atoms with Gasteiger partial charge in [-0.1, -0.05) is 22.9 Å². The summed E-state index contributed by atoms with van der Waals surface area (Å²) in [4.78, 5) is 12.0. The maximum absolute atomic E-state index is 12.0. The van der Waals surface area contributed by atoms with Crippen LogP contribution >= 0.6 is 15.9 Å². The molecular weight excluding hydrogens is 306 g/mol. The van der Waals surface area contributed by atoms with Crippen LogP contribution in [0.25, 0.3) is 0 Å². The molecule has 0 bridgehead atoms. The molecule has 0 spiro atoms. The normalized spacial score (nSPS) is 26.4. The zero-order valence-corrected chi connectivity index (χ0v) is 12.7. The van der Waals surface area contributed by atoms with E-state index in [1.165, 1.54) is 0 Å². The molecule has 0 aromatic rings. The molecule has 1 fully saturated rings. The lowest BCUT2D eigenvalue weighted by Gasteiger charge is -2.30. The van der Waals surface area contributed by atoms with Gasteiger partial charge < -0.3 is 5.32 Å². The highest BCUT2D eigenvalue weighted by atomic mass is 79.9. The van der Waals surface area contributed by atoms with Crippen molar-refractivity contribution < 1.29 is 13.2 Å². The van der Waals surface area contributed by atoms with E-state index in [2.05, 4.69) is 21.2 Å². The Morgan fingerprint density at radius 2 is 2.18 bits per heavy atom. The largest absolute Gasteiger partial charge is 0.351 e. The fourth-order valence-electron chi connectivity index (χ4n) is 1.94. The predicted molar refractivity (Wildman–Crippen MR) is 72.0 cm³/mol. The summed E-state index contributed by atoms with van der Waals surface area (Å²) < 4.78 is 22.6. The minimum Gasteiger partial charge on any atom is -0.351 e. The van der Waals surface area contributed by atoms with E-state index in [0.717, 1.165) is 18.2 Å². The number of halogens is 1. The molecule has 0 aromatic carbocycles. The average Bonchev–Trinajstić information content (AvgIpc) is 2.59. The van der Waals surface area contributed by atoms with Crippen LogP contribution in [0.1, 0.15) is 33.1 Å². The molecule has 17 heavy (non-hydrogen) atoms. The van der Waals surface area contributed by atoms with Crippen molar-refractivity contribution in [3.8, 4) is 0 Å². The summed E-state index contributed by atoms with van der Waals surface area (Å²) in [6, 6.07) is 0. The number of carbonyl (C=O) groups is 1. The van der Waals surface area contributed by atoms with Crippen LogP contribution in [0, 0.1) is 5.92 Å². The van der Waals surface area contributed by atoms with Gasteiger partial charge in [0.15, 0.2) is 9.84 Å². The highest BCUT2D eigenvalue weighted by Crippen LogP contribution is 2.22. The smallest absolute Gasteiger partial charge is 0.224 e. The highest BCUT2D eigenvalue weighted by Gasteiger charge is 2.35. The number of hydrogen-bond acceptors (Lipinski definition) is 3. The third-order valence-electron chi connectivity index (χ3n) is 3.45. The van der Waals surface area contributed by atoms with Gasteiger partial charge in [-0.15, -0.1) is 0 Å². The van der Waals surface area contributed by atoms with Gasteiger partial charge in [0.05, 0.1) is 17.4 Å². The van der Waals surface area contributed by atoms with Crippen molar-refractivity contribution in [2.45, 2.75) is 38.6 Å². The molecule has 1 aliphatic rings. The van der Waals surface area contributed by atoms with Gasteiger partial charge in [-0.3, -0.25) is 4.79 Å². The summed E-state index contributed by atoms with van der Waals surface area (Å²) in [6.07, 6.45) is 2.14. The second kappa shape index (κ2) is 5.69. The van der Waals surface area contributed by atoms with Crippen LogP contribution in [-0.4, -0.2) is 36.7 Å². The number of hydrogen-bond donors (Lipinski definition) is 1.